The van der Waals surface area contributed by atoms with Crippen molar-refractivity contribution in [2.24, 2.45) is 0 Å². The summed E-state index contributed by atoms with van der Waals surface area (Å²) in [7, 11) is 1.53. The molecule has 0 saturated heterocycles. The van der Waals surface area contributed by atoms with Gasteiger partial charge in [0.15, 0.2) is 18.1 Å². The number of carbonyl (C=O) groups is 3. The maximum absolute atomic E-state index is 13.1. The van der Waals surface area contributed by atoms with Crippen molar-refractivity contribution in [3.8, 4) is 0 Å². The van der Waals surface area contributed by atoms with Crippen molar-refractivity contribution < 1.29 is 19.1 Å². The predicted octanol–water partition coefficient (Wildman–Crippen LogP) is 3.35. The number of hydrogen-bond acceptors (Lipinski definition) is 6. The van der Waals surface area contributed by atoms with E-state index in [-0.39, 0.29) is 17.0 Å². The number of aromatic nitrogens is 2. The lowest BCUT2D eigenvalue weighted by Crippen LogP contribution is -2.55. The Morgan fingerprint density at radius 3 is 2.64 bits per heavy atom. The number of nitrogens with zero attached hydrogens (tertiary/aromatic N) is 3. The third-order valence-corrected chi connectivity index (χ3v) is 6.38. The smallest absolute Gasteiger partial charge is 0.359 e. The molecule has 1 aromatic carbocycles. The van der Waals surface area contributed by atoms with Gasteiger partial charge < -0.3 is 9.64 Å². The van der Waals surface area contributed by atoms with Crippen LogP contribution >= 0.6 is 11.6 Å². The lowest BCUT2D eigenvalue weighted by molar-refractivity contribution is -0.150. The first-order valence-corrected chi connectivity index (χ1v) is 11.5. The van der Waals surface area contributed by atoms with E-state index in [4.69, 9.17) is 16.3 Å². The molecule has 0 spiro atoms. The van der Waals surface area contributed by atoms with Crippen LogP contribution in [0.3, 0.4) is 0 Å². The summed E-state index contributed by atoms with van der Waals surface area (Å²) in [6.45, 7) is 1.81. The minimum Gasteiger partial charge on any atom is -0.451 e. The zero-order valence-corrected chi connectivity index (χ0v) is 19.6. The third kappa shape index (κ3) is 5.16. The fourth-order valence-corrected chi connectivity index (χ4v) is 4.46. The van der Waals surface area contributed by atoms with Crippen LogP contribution in [0.5, 0.6) is 0 Å². The van der Waals surface area contributed by atoms with E-state index in [0.29, 0.717) is 30.0 Å². The van der Waals surface area contributed by atoms with Gasteiger partial charge in [0.25, 0.3) is 11.5 Å². The number of ether oxygens (including phenoxy) is 1. The van der Waals surface area contributed by atoms with Gasteiger partial charge in [-0.05, 0) is 37.8 Å². The summed E-state index contributed by atoms with van der Waals surface area (Å²) in [6.07, 6.45) is 3.91. The SMILES string of the molecule is CCCCn1nc(C(=O)OCC(=O)N(C)C2(c3ccccc3Cl)CCCCC2=O)ccc1=O. The van der Waals surface area contributed by atoms with E-state index >= 15 is 0 Å². The van der Waals surface area contributed by atoms with Crippen molar-refractivity contribution in [3.05, 3.63) is 63.0 Å². The third-order valence-electron chi connectivity index (χ3n) is 6.05. The van der Waals surface area contributed by atoms with E-state index < -0.39 is 24.0 Å². The van der Waals surface area contributed by atoms with Crippen molar-refractivity contribution in [1.29, 1.82) is 0 Å². The minimum atomic E-state index is -1.20. The molecule has 0 bridgehead atoms. The number of unbranched alkanes of at least 4 members (excludes halogenated alkanes) is 1. The lowest BCUT2D eigenvalue weighted by Gasteiger charge is -2.43. The molecule has 1 aliphatic rings. The van der Waals surface area contributed by atoms with Gasteiger partial charge in [-0.3, -0.25) is 14.4 Å². The Hall–Kier alpha value is -3.00. The van der Waals surface area contributed by atoms with E-state index in [9.17, 15) is 19.2 Å². The monoisotopic (exact) mass is 473 g/mol. The summed E-state index contributed by atoms with van der Waals surface area (Å²) in [5.41, 5.74) is -1.00. The quantitative estimate of drug-likeness (QED) is 0.545. The molecule has 0 radical (unpaired) electrons. The predicted molar refractivity (Wildman–Crippen MR) is 123 cm³/mol. The molecule has 2 aromatic rings. The number of Topliss-reactive ketones (excluding diaryl/α,β-unsaturated/α-hetero) is 1. The van der Waals surface area contributed by atoms with Gasteiger partial charge in [-0.25, -0.2) is 9.48 Å². The van der Waals surface area contributed by atoms with E-state index in [1.54, 1.807) is 24.3 Å². The molecule has 1 saturated carbocycles. The Kier molecular flexibility index (Phi) is 8.02. The van der Waals surface area contributed by atoms with Gasteiger partial charge in [-0.1, -0.05) is 43.1 Å². The van der Waals surface area contributed by atoms with Crippen LogP contribution in [0.1, 0.15) is 61.5 Å². The molecule has 176 valence electrons. The van der Waals surface area contributed by atoms with Crippen LogP contribution in [0.15, 0.2) is 41.2 Å². The maximum Gasteiger partial charge on any atom is 0.359 e. The molecule has 8 nitrogen and oxygen atoms in total. The van der Waals surface area contributed by atoms with Gasteiger partial charge in [-0.15, -0.1) is 0 Å². The van der Waals surface area contributed by atoms with Crippen LogP contribution in [0.25, 0.3) is 0 Å². The Bertz CT molecular complexity index is 1100. The van der Waals surface area contributed by atoms with Gasteiger partial charge in [0.2, 0.25) is 0 Å². The number of hydrogen-bond donors (Lipinski definition) is 0. The van der Waals surface area contributed by atoms with Crippen molar-refractivity contribution in [3.63, 3.8) is 0 Å². The Balaban J connectivity index is 1.77. The normalized spacial score (nSPS) is 18.1. The highest BCUT2D eigenvalue weighted by Crippen LogP contribution is 2.42. The molecule has 1 aliphatic carbocycles. The van der Waals surface area contributed by atoms with Crippen molar-refractivity contribution >= 4 is 29.3 Å². The van der Waals surface area contributed by atoms with E-state index in [1.807, 2.05) is 6.92 Å². The molecule has 1 fully saturated rings. The first-order valence-electron chi connectivity index (χ1n) is 11.1. The molecular formula is C24H28ClN3O5. The summed E-state index contributed by atoms with van der Waals surface area (Å²) < 4.78 is 6.40. The Labute approximate surface area is 197 Å². The molecule has 0 N–H and O–H groups in total. The molecule has 1 unspecified atom stereocenters. The maximum atomic E-state index is 13.1. The molecule has 3 rings (SSSR count). The second-order valence-electron chi connectivity index (χ2n) is 8.13. The van der Waals surface area contributed by atoms with E-state index in [2.05, 4.69) is 5.10 Å². The number of ketones is 1. The zero-order chi connectivity index (χ0) is 24.0. The average molecular weight is 474 g/mol. The molecule has 1 atom stereocenters. The lowest BCUT2D eigenvalue weighted by atomic mass is 9.74. The summed E-state index contributed by atoms with van der Waals surface area (Å²) in [6, 6.07) is 9.52. The second kappa shape index (κ2) is 10.7. The first-order chi connectivity index (χ1) is 15.8. The van der Waals surface area contributed by atoms with Gasteiger partial charge in [0, 0.05) is 36.7 Å². The highest BCUT2D eigenvalue weighted by Gasteiger charge is 2.48. The molecule has 1 aromatic heterocycles. The fraction of sp³-hybridized carbons (Fsp3) is 0.458. The highest BCUT2D eigenvalue weighted by molar-refractivity contribution is 6.31. The molecule has 33 heavy (non-hydrogen) atoms. The number of halogens is 1. The number of carbonyl (C=O) groups excluding carboxylic acids is 3. The molecule has 1 amide bonds. The number of aryl methyl sites for hydroxylation is 1. The molecule has 9 heteroatoms. The number of esters is 1. The van der Waals surface area contributed by atoms with Crippen LogP contribution in [0.4, 0.5) is 0 Å². The van der Waals surface area contributed by atoms with Gasteiger partial charge in [0.05, 0.1) is 0 Å². The fourth-order valence-electron chi connectivity index (χ4n) is 4.17. The van der Waals surface area contributed by atoms with Gasteiger partial charge in [0.1, 0.15) is 5.54 Å². The van der Waals surface area contributed by atoms with E-state index in [1.165, 1.54) is 28.8 Å². The Morgan fingerprint density at radius 2 is 1.94 bits per heavy atom. The first kappa shape index (κ1) is 24.6. The summed E-state index contributed by atoms with van der Waals surface area (Å²) in [4.78, 5) is 51.9. The number of amides is 1. The molecule has 0 aliphatic heterocycles. The highest BCUT2D eigenvalue weighted by atomic mass is 35.5. The van der Waals surface area contributed by atoms with Crippen molar-refractivity contribution in [1.82, 2.24) is 14.7 Å². The number of benzene rings is 1. The Morgan fingerprint density at radius 1 is 1.18 bits per heavy atom. The second-order valence-corrected chi connectivity index (χ2v) is 8.54. The summed E-state index contributed by atoms with van der Waals surface area (Å²) >= 11 is 6.42. The van der Waals surface area contributed by atoms with Crippen LogP contribution < -0.4 is 5.56 Å². The van der Waals surface area contributed by atoms with Crippen LogP contribution in [0, 0.1) is 0 Å². The molecule has 1 heterocycles. The molecular weight excluding hydrogens is 446 g/mol. The largest absolute Gasteiger partial charge is 0.451 e. The standard InChI is InChI=1S/C24H28ClN3O5/c1-3-4-15-28-21(30)13-12-19(26-28)23(32)33-16-22(31)27(2)24(14-8-7-11-20(24)29)17-9-5-6-10-18(17)25/h5-6,9-10,12-13H,3-4,7-8,11,14-16H2,1-2H3. The van der Waals surface area contributed by atoms with E-state index in [0.717, 1.165) is 25.7 Å². The van der Waals surface area contributed by atoms with Gasteiger partial charge in [-0.2, -0.15) is 5.10 Å². The van der Waals surface area contributed by atoms with Gasteiger partial charge >= 0.3 is 5.97 Å². The number of likely N-dealkylation sites (N-methyl/N-ethyl adjacent to an activating group) is 1. The summed E-state index contributed by atoms with van der Waals surface area (Å²) in [5, 5.41) is 4.45. The van der Waals surface area contributed by atoms with Crippen LogP contribution in [-0.4, -0.2) is 46.0 Å². The van der Waals surface area contributed by atoms with Crippen LogP contribution in [0.2, 0.25) is 5.02 Å². The topological polar surface area (TPSA) is 98.6 Å². The number of rotatable bonds is 8. The summed E-state index contributed by atoms with van der Waals surface area (Å²) in [5.74, 6) is -1.43. The average Bonchev–Trinajstić information content (AvgIpc) is 2.82. The minimum absolute atomic E-state index is 0.0595. The van der Waals surface area contributed by atoms with Crippen molar-refractivity contribution in [2.45, 2.75) is 57.5 Å². The van der Waals surface area contributed by atoms with Crippen LogP contribution in [-0.2, 0) is 26.4 Å². The zero-order valence-electron chi connectivity index (χ0n) is 18.9. The van der Waals surface area contributed by atoms with Crippen molar-refractivity contribution in [2.75, 3.05) is 13.7 Å².